The van der Waals surface area contributed by atoms with Crippen LogP contribution in [0.5, 0.6) is 0 Å². The molecule has 2 heteroatoms. The average Bonchev–Trinajstić information content (AvgIpc) is 2.31. The zero-order valence-electron chi connectivity index (χ0n) is 11.1. The van der Waals surface area contributed by atoms with Gasteiger partial charge >= 0.3 is 0 Å². The second-order valence-electron chi connectivity index (χ2n) is 4.81. The first-order valence-corrected chi connectivity index (χ1v) is 7.08. The van der Waals surface area contributed by atoms with Crippen LogP contribution in [0.25, 0.3) is 0 Å². The number of aliphatic hydroxyl groups excluding tert-OH is 2. The summed E-state index contributed by atoms with van der Waals surface area (Å²) in [6.07, 6.45) is 10.6. The van der Waals surface area contributed by atoms with E-state index in [2.05, 4.69) is 6.92 Å². The lowest BCUT2D eigenvalue weighted by atomic mass is 10.0. The normalized spacial score (nSPS) is 15.0. The van der Waals surface area contributed by atoms with Gasteiger partial charge in [-0.3, -0.25) is 0 Å². The van der Waals surface area contributed by atoms with Crippen molar-refractivity contribution < 1.29 is 10.2 Å². The second-order valence-corrected chi connectivity index (χ2v) is 4.81. The summed E-state index contributed by atoms with van der Waals surface area (Å²) in [5, 5.41) is 18.9. The van der Waals surface area contributed by atoms with Crippen molar-refractivity contribution in [2.75, 3.05) is 0 Å². The van der Waals surface area contributed by atoms with E-state index in [1.807, 2.05) is 6.92 Å². The predicted octanol–water partition coefficient (Wildman–Crippen LogP) is 3.65. The molecule has 0 aliphatic rings. The SMILES string of the molecule is CCCCCCCCCC[C@@H](O)[C@@H](O)CC. The van der Waals surface area contributed by atoms with Crippen molar-refractivity contribution >= 4 is 0 Å². The zero-order valence-corrected chi connectivity index (χ0v) is 11.1. The van der Waals surface area contributed by atoms with Gasteiger partial charge in [0.15, 0.2) is 0 Å². The lowest BCUT2D eigenvalue weighted by molar-refractivity contribution is 0.0114. The molecule has 0 aromatic heterocycles. The Kier molecular flexibility index (Phi) is 11.3. The minimum Gasteiger partial charge on any atom is -0.390 e. The first-order chi connectivity index (χ1) is 7.72. The van der Waals surface area contributed by atoms with E-state index in [4.69, 9.17) is 0 Å². The van der Waals surface area contributed by atoms with E-state index in [0.717, 1.165) is 12.8 Å². The van der Waals surface area contributed by atoms with E-state index >= 15 is 0 Å². The molecule has 0 aliphatic carbocycles. The van der Waals surface area contributed by atoms with Crippen LogP contribution in [0.15, 0.2) is 0 Å². The Morgan fingerprint density at radius 3 is 1.69 bits per heavy atom. The number of hydrogen-bond acceptors (Lipinski definition) is 2. The topological polar surface area (TPSA) is 40.5 Å². The lowest BCUT2D eigenvalue weighted by Crippen LogP contribution is -2.24. The largest absolute Gasteiger partial charge is 0.390 e. The van der Waals surface area contributed by atoms with E-state index in [-0.39, 0.29) is 0 Å². The second kappa shape index (κ2) is 11.4. The van der Waals surface area contributed by atoms with Crippen LogP contribution in [0.4, 0.5) is 0 Å². The molecule has 0 aromatic rings. The van der Waals surface area contributed by atoms with Crippen LogP contribution in [0.1, 0.15) is 78.1 Å². The fourth-order valence-electron chi connectivity index (χ4n) is 1.95. The fourth-order valence-corrected chi connectivity index (χ4v) is 1.95. The number of aliphatic hydroxyl groups is 2. The molecule has 0 bridgehead atoms. The maximum Gasteiger partial charge on any atom is 0.0799 e. The van der Waals surface area contributed by atoms with Crippen molar-refractivity contribution in [1.29, 1.82) is 0 Å². The summed E-state index contributed by atoms with van der Waals surface area (Å²) in [5.74, 6) is 0. The molecule has 16 heavy (non-hydrogen) atoms. The molecule has 0 saturated carbocycles. The third kappa shape index (κ3) is 9.17. The summed E-state index contributed by atoms with van der Waals surface area (Å²) in [4.78, 5) is 0. The van der Waals surface area contributed by atoms with Gasteiger partial charge in [-0.1, -0.05) is 65.2 Å². The maximum absolute atomic E-state index is 9.54. The van der Waals surface area contributed by atoms with Crippen molar-refractivity contribution in [3.8, 4) is 0 Å². The summed E-state index contributed by atoms with van der Waals surface area (Å²) < 4.78 is 0. The van der Waals surface area contributed by atoms with E-state index in [9.17, 15) is 10.2 Å². The van der Waals surface area contributed by atoms with Gasteiger partial charge in [-0.25, -0.2) is 0 Å². The highest BCUT2D eigenvalue weighted by Gasteiger charge is 2.12. The van der Waals surface area contributed by atoms with Gasteiger partial charge in [0.25, 0.3) is 0 Å². The van der Waals surface area contributed by atoms with Gasteiger partial charge < -0.3 is 10.2 Å². The molecule has 2 nitrogen and oxygen atoms in total. The summed E-state index contributed by atoms with van der Waals surface area (Å²) in [6, 6.07) is 0. The molecular formula is C14H30O2. The third-order valence-corrected chi connectivity index (χ3v) is 3.22. The highest BCUT2D eigenvalue weighted by atomic mass is 16.3. The van der Waals surface area contributed by atoms with Crippen molar-refractivity contribution in [3.63, 3.8) is 0 Å². The van der Waals surface area contributed by atoms with Crippen LogP contribution in [-0.2, 0) is 0 Å². The molecule has 0 unspecified atom stereocenters. The summed E-state index contributed by atoms with van der Waals surface area (Å²) >= 11 is 0. The molecule has 0 fully saturated rings. The summed E-state index contributed by atoms with van der Waals surface area (Å²) in [5.41, 5.74) is 0. The summed E-state index contributed by atoms with van der Waals surface area (Å²) in [7, 11) is 0. The zero-order chi connectivity index (χ0) is 12.2. The van der Waals surface area contributed by atoms with Gasteiger partial charge in [-0.15, -0.1) is 0 Å². The van der Waals surface area contributed by atoms with Crippen molar-refractivity contribution in [3.05, 3.63) is 0 Å². The van der Waals surface area contributed by atoms with E-state index in [1.54, 1.807) is 0 Å². The first-order valence-electron chi connectivity index (χ1n) is 7.08. The van der Waals surface area contributed by atoms with Gasteiger partial charge in [-0.2, -0.15) is 0 Å². The molecular weight excluding hydrogens is 200 g/mol. The Bertz CT molecular complexity index is 137. The molecule has 0 amide bonds. The van der Waals surface area contributed by atoms with Crippen molar-refractivity contribution in [2.24, 2.45) is 0 Å². The maximum atomic E-state index is 9.54. The first kappa shape index (κ1) is 15.9. The van der Waals surface area contributed by atoms with Crippen LogP contribution in [0.3, 0.4) is 0 Å². The average molecular weight is 230 g/mol. The van der Waals surface area contributed by atoms with Gasteiger partial charge in [0.1, 0.15) is 0 Å². The van der Waals surface area contributed by atoms with Crippen LogP contribution in [0, 0.1) is 0 Å². The van der Waals surface area contributed by atoms with Crippen LogP contribution in [0.2, 0.25) is 0 Å². The molecule has 0 aromatic carbocycles. The molecule has 2 atom stereocenters. The van der Waals surface area contributed by atoms with Gasteiger partial charge in [0.2, 0.25) is 0 Å². The summed E-state index contributed by atoms with van der Waals surface area (Å²) in [6.45, 7) is 4.14. The molecule has 98 valence electrons. The molecule has 2 N–H and O–H groups in total. The highest BCUT2D eigenvalue weighted by Crippen LogP contribution is 2.12. The Hall–Kier alpha value is -0.0800. The van der Waals surface area contributed by atoms with Crippen LogP contribution in [-0.4, -0.2) is 22.4 Å². The van der Waals surface area contributed by atoms with E-state index in [0.29, 0.717) is 6.42 Å². The van der Waals surface area contributed by atoms with Gasteiger partial charge in [0.05, 0.1) is 12.2 Å². The third-order valence-electron chi connectivity index (χ3n) is 3.22. The smallest absolute Gasteiger partial charge is 0.0799 e. The predicted molar refractivity (Wildman–Crippen MR) is 69.5 cm³/mol. The highest BCUT2D eigenvalue weighted by molar-refractivity contribution is 4.65. The Balaban J connectivity index is 3.14. The molecule has 0 aliphatic heterocycles. The molecule has 0 rings (SSSR count). The van der Waals surface area contributed by atoms with Crippen molar-refractivity contribution in [1.82, 2.24) is 0 Å². The van der Waals surface area contributed by atoms with Gasteiger partial charge in [0, 0.05) is 0 Å². The van der Waals surface area contributed by atoms with Crippen LogP contribution < -0.4 is 0 Å². The van der Waals surface area contributed by atoms with E-state index < -0.39 is 12.2 Å². The number of unbranched alkanes of at least 4 members (excludes halogenated alkanes) is 7. The molecule has 0 spiro atoms. The lowest BCUT2D eigenvalue weighted by Gasteiger charge is -2.15. The van der Waals surface area contributed by atoms with E-state index in [1.165, 1.54) is 44.9 Å². The Morgan fingerprint density at radius 2 is 1.19 bits per heavy atom. The molecule has 0 radical (unpaired) electrons. The Labute approximate surface area is 101 Å². The minimum atomic E-state index is -0.524. The number of hydrogen-bond donors (Lipinski definition) is 2. The fraction of sp³-hybridized carbons (Fsp3) is 1.00. The van der Waals surface area contributed by atoms with Gasteiger partial charge in [-0.05, 0) is 12.8 Å². The Morgan fingerprint density at radius 1 is 0.688 bits per heavy atom. The monoisotopic (exact) mass is 230 g/mol. The quantitative estimate of drug-likeness (QED) is 0.532. The minimum absolute atomic E-state index is 0.509. The van der Waals surface area contributed by atoms with Crippen molar-refractivity contribution in [2.45, 2.75) is 90.3 Å². The van der Waals surface area contributed by atoms with Crippen LogP contribution >= 0.6 is 0 Å². The number of rotatable bonds is 11. The molecule has 0 saturated heterocycles. The standard InChI is InChI=1S/C14H30O2/c1-3-5-6-7-8-9-10-11-12-14(16)13(15)4-2/h13-16H,3-12H2,1-2H3/t13-,14+/m0/s1. The molecule has 0 heterocycles.